The van der Waals surface area contributed by atoms with Gasteiger partial charge < -0.3 is 10.5 Å². The second-order valence-corrected chi connectivity index (χ2v) is 5.47. The van der Waals surface area contributed by atoms with Crippen molar-refractivity contribution < 1.29 is 4.74 Å². The van der Waals surface area contributed by atoms with E-state index in [1.54, 1.807) is 25.3 Å². The number of fused-ring (bicyclic) bond motifs is 1. The monoisotopic (exact) mass is 344 g/mol. The van der Waals surface area contributed by atoms with Crippen LogP contribution in [-0.4, -0.2) is 11.7 Å². The molecule has 0 aliphatic carbocycles. The van der Waals surface area contributed by atoms with Crippen LogP contribution in [0.5, 0.6) is 5.75 Å². The van der Waals surface area contributed by atoms with Gasteiger partial charge in [-0.05, 0) is 45.6 Å². The Kier molecular flexibility index (Phi) is 3.43. The molecule has 0 aliphatic rings. The fourth-order valence-electron chi connectivity index (χ4n) is 2.33. The minimum atomic E-state index is -0.144. The molecule has 0 radical (unpaired) electrons. The number of aromatic nitrogens is 1. The van der Waals surface area contributed by atoms with E-state index in [-0.39, 0.29) is 5.56 Å². The molecule has 0 saturated carbocycles. The number of nitrogens with zero attached hydrogens (tertiary/aromatic N) is 1. The molecule has 0 aliphatic heterocycles. The third-order valence-electron chi connectivity index (χ3n) is 3.35. The van der Waals surface area contributed by atoms with Gasteiger partial charge in [0.2, 0.25) is 0 Å². The average Bonchev–Trinajstić information content (AvgIpc) is 2.49. The largest absolute Gasteiger partial charge is 0.495 e. The van der Waals surface area contributed by atoms with Crippen LogP contribution in [0.15, 0.2) is 57.8 Å². The number of ether oxygens (including phenoxy) is 1. The van der Waals surface area contributed by atoms with Gasteiger partial charge >= 0.3 is 0 Å². The lowest BCUT2D eigenvalue weighted by Crippen LogP contribution is -2.21. The number of anilines is 1. The van der Waals surface area contributed by atoms with Crippen LogP contribution in [0.4, 0.5) is 5.82 Å². The number of nitrogens with two attached hydrogens (primary N) is 1. The predicted octanol–water partition coefficient (Wildman–Crippen LogP) is 3.34. The minimum Gasteiger partial charge on any atom is -0.495 e. The minimum absolute atomic E-state index is 0.144. The highest BCUT2D eigenvalue weighted by molar-refractivity contribution is 9.10. The second-order valence-electron chi connectivity index (χ2n) is 4.62. The fourth-order valence-corrected chi connectivity index (χ4v) is 2.74. The Balaban J connectivity index is 2.32. The molecule has 3 rings (SSSR count). The predicted molar refractivity (Wildman–Crippen MR) is 88.2 cm³/mol. The van der Waals surface area contributed by atoms with Crippen molar-refractivity contribution in [3.63, 3.8) is 0 Å². The Morgan fingerprint density at radius 2 is 1.90 bits per heavy atom. The second kappa shape index (κ2) is 5.26. The summed E-state index contributed by atoms with van der Waals surface area (Å²) in [7, 11) is 1.58. The van der Waals surface area contributed by atoms with Crippen molar-refractivity contribution >= 4 is 32.5 Å². The molecular weight excluding hydrogens is 332 g/mol. The maximum atomic E-state index is 12.7. The van der Waals surface area contributed by atoms with Gasteiger partial charge in [-0.1, -0.05) is 18.2 Å². The van der Waals surface area contributed by atoms with Gasteiger partial charge in [0, 0.05) is 11.5 Å². The Labute approximate surface area is 129 Å². The van der Waals surface area contributed by atoms with Crippen molar-refractivity contribution in [1.82, 2.24) is 4.57 Å². The van der Waals surface area contributed by atoms with Crippen LogP contribution < -0.4 is 16.0 Å². The maximum Gasteiger partial charge on any atom is 0.264 e. The van der Waals surface area contributed by atoms with Crippen LogP contribution in [0.3, 0.4) is 0 Å². The molecular formula is C16H13BrN2O2. The van der Waals surface area contributed by atoms with E-state index in [9.17, 15) is 4.79 Å². The van der Waals surface area contributed by atoms with E-state index < -0.39 is 0 Å². The van der Waals surface area contributed by atoms with Crippen molar-refractivity contribution in [3.8, 4) is 11.4 Å². The summed E-state index contributed by atoms with van der Waals surface area (Å²) < 4.78 is 7.58. The van der Waals surface area contributed by atoms with E-state index in [0.717, 1.165) is 9.86 Å². The first kappa shape index (κ1) is 13.7. The summed E-state index contributed by atoms with van der Waals surface area (Å²) in [6, 6.07) is 14.6. The van der Waals surface area contributed by atoms with Gasteiger partial charge in [-0.2, -0.15) is 0 Å². The lowest BCUT2D eigenvalue weighted by molar-refractivity contribution is 0.412. The summed E-state index contributed by atoms with van der Waals surface area (Å²) in [4.78, 5) is 12.7. The molecule has 106 valence electrons. The number of halogens is 1. The smallest absolute Gasteiger partial charge is 0.264 e. The summed E-state index contributed by atoms with van der Waals surface area (Å²) >= 11 is 3.40. The van der Waals surface area contributed by atoms with Gasteiger partial charge in [0.15, 0.2) is 0 Å². The summed E-state index contributed by atoms with van der Waals surface area (Å²) in [5.41, 5.74) is 6.59. The van der Waals surface area contributed by atoms with Crippen molar-refractivity contribution in [1.29, 1.82) is 0 Å². The first-order valence-corrected chi connectivity index (χ1v) is 7.15. The molecule has 21 heavy (non-hydrogen) atoms. The highest BCUT2D eigenvalue weighted by atomic mass is 79.9. The molecule has 0 atom stereocenters. The van der Waals surface area contributed by atoms with Crippen LogP contribution in [0, 0.1) is 0 Å². The van der Waals surface area contributed by atoms with Crippen LogP contribution in [0.1, 0.15) is 0 Å². The number of benzene rings is 2. The van der Waals surface area contributed by atoms with Crippen LogP contribution in [0.25, 0.3) is 16.5 Å². The molecule has 0 saturated heterocycles. The lowest BCUT2D eigenvalue weighted by atomic mass is 10.1. The summed E-state index contributed by atoms with van der Waals surface area (Å²) in [5.74, 6) is 1.04. The number of pyridine rings is 1. The van der Waals surface area contributed by atoms with Gasteiger partial charge in [-0.15, -0.1) is 0 Å². The molecule has 0 spiro atoms. The molecule has 1 heterocycles. The number of nitrogen functional groups attached to an aromatic ring is 1. The Hall–Kier alpha value is -2.27. The van der Waals surface area contributed by atoms with Crippen molar-refractivity contribution in [2.75, 3.05) is 12.8 Å². The molecule has 2 N–H and O–H groups in total. The molecule has 0 bridgehead atoms. The Morgan fingerprint density at radius 3 is 2.67 bits per heavy atom. The van der Waals surface area contributed by atoms with E-state index in [0.29, 0.717) is 22.6 Å². The zero-order chi connectivity index (χ0) is 15.0. The first-order chi connectivity index (χ1) is 10.1. The zero-order valence-electron chi connectivity index (χ0n) is 11.3. The quantitative estimate of drug-likeness (QED) is 0.775. The highest BCUT2D eigenvalue weighted by Gasteiger charge is 2.10. The van der Waals surface area contributed by atoms with Crippen molar-refractivity contribution in [2.24, 2.45) is 0 Å². The van der Waals surface area contributed by atoms with Crippen LogP contribution in [-0.2, 0) is 0 Å². The summed E-state index contributed by atoms with van der Waals surface area (Å²) in [6.07, 6.45) is 0. The normalized spacial score (nSPS) is 10.8. The van der Waals surface area contributed by atoms with Crippen LogP contribution >= 0.6 is 15.9 Å². The summed E-state index contributed by atoms with van der Waals surface area (Å²) in [5, 5.41) is 1.47. The van der Waals surface area contributed by atoms with E-state index in [2.05, 4.69) is 15.9 Å². The lowest BCUT2D eigenvalue weighted by Gasteiger charge is -2.13. The van der Waals surface area contributed by atoms with E-state index in [4.69, 9.17) is 10.5 Å². The Bertz CT molecular complexity index is 887. The Morgan fingerprint density at radius 1 is 1.14 bits per heavy atom. The molecule has 2 aromatic carbocycles. The number of hydrogen-bond donors (Lipinski definition) is 1. The zero-order valence-corrected chi connectivity index (χ0v) is 12.9. The van der Waals surface area contributed by atoms with Gasteiger partial charge in [-0.3, -0.25) is 9.36 Å². The van der Waals surface area contributed by atoms with E-state index in [1.165, 1.54) is 4.57 Å². The number of methoxy groups -OCH3 is 1. The molecule has 0 amide bonds. The van der Waals surface area contributed by atoms with Gasteiger partial charge in [0.05, 0.1) is 17.3 Å². The average molecular weight is 345 g/mol. The third-order valence-corrected chi connectivity index (χ3v) is 4.00. The SMILES string of the molecule is COc1cc(-n2c(N)cc3ccccc3c2=O)ccc1Br. The van der Waals surface area contributed by atoms with E-state index in [1.807, 2.05) is 30.3 Å². The summed E-state index contributed by atoms with van der Waals surface area (Å²) in [6.45, 7) is 0. The maximum absolute atomic E-state index is 12.7. The van der Waals surface area contributed by atoms with Crippen molar-refractivity contribution in [3.05, 3.63) is 63.4 Å². The molecule has 1 aromatic heterocycles. The van der Waals surface area contributed by atoms with Gasteiger partial charge in [-0.25, -0.2) is 0 Å². The fraction of sp³-hybridized carbons (Fsp3) is 0.0625. The molecule has 4 nitrogen and oxygen atoms in total. The molecule has 5 heteroatoms. The highest BCUT2D eigenvalue weighted by Crippen LogP contribution is 2.28. The van der Waals surface area contributed by atoms with Gasteiger partial charge in [0.1, 0.15) is 11.6 Å². The molecule has 0 fully saturated rings. The number of rotatable bonds is 2. The molecule has 0 unspecified atom stereocenters. The van der Waals surface area contributed by atoms with Gasteiger partial charge in [0.25, 0.3) is 5.56 Å². The van der Waals surface area contributed by atoms with Crippen molar-refractivity contribution in [2.45, 2.75) is 0 Å². The van der Waals surface area contributed by atoms with E-state index >= 15 is 0 Å². The third kappa shape index (κ3) is 2.29. The number of hydrogen-bond acceptors (Lipinski definition) is 3. The first-order valence-electron chi connectivity index (χ1n) is 6.36. The molecule has 3 aromatic rings. The topological polar surface area (TPSA) is 57.2 Å². The van der Waals surface area contributed by atoms with Crippen LogP contribution in [0.2, 0.25) is 0 Å². The standard InChI is InChI=1S/C16H13BrN2O2/c1-21-14-9-11(6-7-13(14)17)19-15(18)8-10-4-2-3-5-12(10)16(19)20/h2-9H,18H2,1H3.